The summed E-state index contributed by atoms with van der Waals surface area (Å²) in [4.78, 5) is 30.0. The Labute approximate surface area is 270 Å². The van der Waals surface area contributed by atoms with Gasteiger partial charge >= 0.3 is 0 Å². The van der Waals surface area contributed by atoms with Crippen molar-refractivity contribution in [2.75, 3.05) is 43.9 Å². The first-order valence-electron chi connectivity index (χ1n) is 15.5. The van der Waals surface area contributed by atoms with E-state index in [0.717, 1.165) is 68.6 Å². The number of nitrogens with zero attached hydrogens (tertiary/aromatic N) is 2. The number of piperidine rings is 1. The molecule has 2 aliphatic carbocycles. The maximum Gasteiger partial charge on any atom is 0.265 e. The molecule has 2 heterocycles. The van der Waals surface area contributed by atoms with E-state index in [0.29, 0.717) is 23.6 Å². The molecule has 0 radical (unpaired) electrons. The Morgan fingerprint density at radius 1 is 1.02 bits per heavy atom. The summed E-state index contributed by atoms with van der Waals surface area (Å²) in [6.45, 7) is 5.08. The Hall–Kier alpha value is -3.44. The molecule has 0 saturated carbocycles. The summed E-state index contributed by atoms with van der Waals surface area (Å²) in [6.07, 6.45) is 4.27. The van der Waals surface area contributed by atoms with Crippen molar-refractivity contribution >= 4 is 39.1 Å². The normalized spacial score (nSPS) is 16.6. The van der Waals surface area contributed by atoms with Crippen molar-refractivity contribution < 1.29 is 22.7 Å². The molecule has 1 saturated heterocycles. The van der Waals surface area contributed by atoms with Gasteiger partial charge in [0.25, 0.3) is 11.8 Å². The number of para-hydroxylation sites is 2. The van der Waals surface area contributed by atoms with Crippen LogP contribution in [0.15, 0.2) is 66.7 Å². The third-order valence-corrected chi connectivity index (χ3v) is 9.30. The van der Waals surface area contributed by atoms with Crippen molar-refractivity contribution in [2.45, 2.75) is 51.1 Å². The monoisotopic (exact) mass is 652 g/mol. The molecule has 240 valence electrons. The number of hydrogen-bond acceptors (Lipinski definition) is 6. The average Bonchev–Trinajstić information content (AvgIpc) is 3.62. The van der Waals surface area contributed by atoms with E-state index in [9.17, 15) is 18.0 Å². The van der Waals surface area contributed by atoms with E-state index < -0.39 is 16.2 Å². The highest BCUT2D eigenvalue weighted by atomic mass is 35.5. The number of carbonyl (C=O) groups is 2. The number of rotatable bonds is 11. The van der Waals surface area contributed by atoms with Gasteiger partial charge in [0.2, 0.25) is 10.0 Å². The van der Waals surface area contributed by atoms with Gasteiger partial charge in [-0.15, -0.1) is 0 Å². The summed E-state index contributed by atoms with van der Waals surface area (Å²) in [7, 11) is -3.49. The highest BCUT2D eigenvalue weighted by molar-refractivity contribution is 7.88. The first-order chi connectivity index (χ1) is 21.6. The Morgan fingerprint density at radius 2 is 1.76 bits per heavy atom. The van der Waals surface area contributed by atoms with Crippen molar-refractivity contribution in [2.24, 2.45) is 0 Å². The van der Waals surface area contributed by atoms with Gasteiger partial charge in [0.1, 0.15) is 5.75 Å². The highest BCUT2D eigenvalue weighted by Gasteiger charge is 2.29. The van der Waals surface area contributed by atoms with Crippen LogP contribution in [0.25, 0.3) is 11.1 Å². The second kappa shape index (κ2) is 14.8. The average molecular weight is 653 g/mol. The van der Waals surface area contributed by atoms with Crippen LogP contribution in [0, 0.1) is 0 Å². The van der Waals surface area contributed by atoms with Crippen LogP contribution in [-0.2, 0) is 14.8 Å². The lowest BCUT2D eigenvalue weighted by molar-refractivity contribution is -0.121. The zero-order valence-corrected chi connectivity index (χ0v) is 27.4. The van der Waals surface area contributed by atoms with Crippen molar-refractivity contribution in [3.05, 3.63) is 82.9 Å². The predicted octanol–water partition coefficient (Wildman–Crippen LogP) is 5.41. The van der Waals surface area contributed by atoms with E-state index in [4.69, 9.17) is 16.3 Å². The lowest BCUT2D eigenvalue weighted by Crippen LogP contribution is -2.47. The Bertz CT molecular complexity index is 1610. The number of anilines is 1. The van der Waals surface area contributed by atoms with E-state index in [-0.39, 0.29) is 24.3 Å². The van der Waals surface area contributed by atoms with Crippen LogP contribution in [-0.4, -0.2) is 70.3 Å². The van der Waals surface area contributed by atoms with Crippen LogP contribution in [0.5, 0.6) is 5.75 Å². The number of unbranched alkanes of at least 4 members (excludes halogenated alkanes) is 1. The molecular formula is C34H41ClN4O5S. The Kier molecular flexibility index (Phi) is 10.8. The zero-order chi connectivity index (χ0) is 32.0. The van der Waals surface area contributed by atoms with Gasteiger partial charge in [0, 0.05) is 23.7 Å². The Morgan fingerprint density at radius 3 is 2.40 bits per heavy atom. The quantitative estimate of drug-likeness (QED) is 0.210. The number of sulfonamides is 1. The second-order valence-corrected chi connectivity index (χ2v) is 14.0. The van der Waals surface area contributed by atoms with Crippen molar-refractivity contribution in [1.29, 1.82) is 0 Å². The summed E-state index contributed by atoms with van der Waals surface area (Å²) in [5.74, 6) is 0.523. The van der Waals surface area contributed by atoms with Crippen LogP contribution in [0.3, 0.4) is 0 Å². The van der Waals surface area contributed by atoms with E-state index in [1.54, 1.807) is 17.0 Å². The number of likely N-dealkylation sites (tertiary alicyclic amines) is 1. The maximum absolute atomic E-state index is 13.3. The topological polar surface area (TPSA) is 108 Å². The van der Waals surface area contributed by atoms with Crippen molar-refractivity contribution in [1.82, 2.24) is 14.9 Å². The molecule has 0 spiro atoms. The molecule has 1 fully saturated rings. The molecule has 2 aliphatic heterocycles. The minimum Gasteiger partial charge on any atom is -0.482 e. The minimum absolute atomic E-state index is 0.0389. The molecule has 2 aromatic rings. The van der Waals surface area contributed by atoms with Gasteiger partial charge < -0.3 is 19.9 Å². The molecule has 2 amide bonds. The molecule has 0 aromatic heterocycles. The van der Waals surface area contributed by atoms with E-state index in [1.807, 2.05) is 37.3 Å². The number of halogens is 1. The predicted molar refractivity (Wildman–Crippen MR) is 178 cm³/mol. The minimum atomic E-state index is -3.49. The SMILES string of the molecule is CCCCC(NC(=O)c1cc(Cl)ccc1C1CCN(CCN2C(=O)COc3ccccc32)CC1)NS(C)(=O)=O.c1cc2cc-2c1. The van der Waals surface area contributed by atoms with E-state index >= 15 is 0 Å². The van der Waals surface area contributed by atoms with E-state index in [1.165, 1.54) is 11.1 Å². The van der Waals surface area contributed by atoms with Gasteiger partial charge in [-0.2, -0.15) is 4.72 Å². The van der Waals surface area contributed by atoms with Gasteiger partial charge in [0.05, 0.1) is 18.1 Å². The van der Waals surface area contributed by atoms with Gasteiger partial charge in [0.15, 0.2) is 6.61 Å². The summed E-state index contributed by atoms with van der Waals surface area (Å²) in [6, 6.07) is 21.4. The number of carbonyl (C=O) groups excluding carboxylic acids is 2. The van der Waals surface area contributed by atoms with Crippen LogP contribution in [0.4, 0.5) is 5.69 Å². The smallest absolute Gasteiger partial charge is 0.265 e. The molecule has 4 aliphatic rings. The molecule has 45 heavy (non-hydrogen) atoms. The van der Waals surface area contributed by atoms with Gasteiger partial charge in [-0.05, 0) is 85.3 Å². The molecular weight excluding hydrogens is 612 g/mol. The fourth-order valence-electron chi connectivity index (χ4n) is 5.93. The van der Waals surface area contributed by atoms with E-state index in [2.05, 4.69) is 39.2 Å². The van der Waals surface area contributed by atoms with Crippen molar-refractivity contribution in [3.8, 4) is 16.9 Å². The molecule has 11 heteroatoms. The van der Waals surface area contributed by atoms with Crippen molar-refractivity contribution in [3.63, 3.8) is 0 Å². The van der Waals surface area contributed by atoms with Gasteiger partial charge in [-0.3, -0.25) is 9.59 Å². The molecule has 9 nitrogen and oxygen atoms in total. The standard InChI is InChI=1S/C28H37ClN4O5S.C6H4/c1-3-4-9-26(31-39(2,36)37)30-28(35)23-18-21(29)10-11-22(23)20-12-14-32(15-13-20)16-17-33-24-7-5-6-8-25(24)38-19-27(33)34;1-2-5-4-6(5)3-1/h5-8,10-11,18,20,26,31H,3-4,9,12-17,19H2,1-2H3,(H,30,35);1-4H. The molecule has 1 unspecified atom stereocenters. The third kappa shape index (κ3) is 9.07. The zero-order valence-electron chi connectivity index (χ0n) is 25.8. The molecule has 1 atom stereocenters. The number of ether oxygens (including phenoxy) is 1. The summed E-state index contributed by atoms with van der Waals surface area (Å²) in [5, 5.41) is 3.32. The first-order valence-corrected chi connectivity index (χ1v) is 17.8. The van der Waals surface area contributed by atoms with Crippen LogP contribution >= 0.6 is 11.6 Å². The largest absolute Gasteiger partial charge is 0.482 e. The first kappa shape index (κ1) is 32.9. The summed E-state index contributed by atoms with van der Waals surface area (Å²) < 4.78 is 31.8. The fourth-order valence-corrected chi connectivity index (χ4v) is 6.79. The highest BCUT2D eigenvalue weighted by Crippen LogP contribution is 2.34. The third-order valence-electron chi connectivity index (χ3n) is 8.36. The lowest BCUT2D eigenvalue weighted by atomic mass is 9.86. The summed E-state index contributed by atoms with van der Waals surface area (Å²) in [5.41, 5.74) is 5.06. The molecule has 2 N–H and O–H groups in total. The molecule has 2 aromatic carbocycles. The molecule has 0 bridgehead atoms. The number of amides is 2. The summed E-state index contributed by atoms with van der Waals surface area (Å²) >= 11 is 6.27. The number of nitrogens with one attached hydrogen (secondary N) is 2. The van der Waals surface area contributed by atoms with Gasteiger partial charge in [-0.1, -0.05) is 67.8 Å². The lowest BCUT2D eigenvalue weighted by Gasteiger charge is -2.35. The van der Waals surface area contributed by atoms with Crippen LogP contribution in [0.1, 0.15) is 60.9 Å². The molecule has 6 rings (SSSR count). The maximum atomic E-state index is 13.3. The Balaban J connectivity index is 0.000000586. The number of fused-ring (bicyclic) bond motifs is 2. The van der Waals surface area contributed by atoms with Gasteiger partial charge in [-0.25, -0.2) is 8.42 Å². The van der Waals surface area contributed by atoms with Crippen LogP contribution < -0.4 is 19.7 Å². The second-order valence-electron chi connectivity index (χ2n) is 11.8. The fraction of sp³-hybridized carbons (Fsp3) is 0.412. The number of benzene rings is 3. The number of hydrogen-bond donors (Lipinski definition) is 2. The van der Waals surface area contributed by atoms with Crippen LogP contribution in [0.2, 0.25) is 5.02 Å².